The molecule has 0 radical (unpaired) electrons. The van der Waals surface area contributed by atoms with Crippen LogP contribution < -0.4 is 5.32 Å². The monoisotopic (exact) mass is 438 g/mol. The van der Waals surface area contributed by atoms with E-state index in [0.29, 0.717) is 0 Å². The second-order valence-corrected chi connectivity index (χ2v) is 7.37. The Morgan fingerprint density at radius 2 is 1.69 bits per heavy atom. The van der Waals surface area contributed by atoms with Gasteiger partial charge < -0.3 is 19.9 Å². The molecule has 0 aliphatic heterocycles. The Kier molecular flexibility index (Phi) is 7.49. The number of ether oxygens (including phenoxy) is 2. The van der Waals surface area contributed by atoms with Gasteiger partial charge in [-0.25, -0.2) is 14.4 Å². The van der Waals surface area contributed by atoms with Gasteiger partial charge in [-0.2, -0.15) is 0 Å². The fourth-order valence-electron chi connectivity index (χ4n) is 3.80. The third-order valence-corrected chi connectivity index (χ3v) is 5.40. The number of amides is 2. The van der Waals surface area contributed by atoms with Gasteiger partial charge in [0.15, 0.2) is 0 Å². The van der Waals surface area contributed by atoms with E-state index in [1.807, 2.05) is 48.5 Å². The Labute approximate surface area is 186 Å². The van der Waals surface area contributed by atoms with Crippen molar-refractivity contribution in [3.8, 4) is 11.1 Å². The largest absolute Gasteiger partial charge is 0.480 e. The Bertz CT molecular complexity index is 960. The number of hydrogen-bond donors (Lipinski definition) is 2. The molecule has 0 saturated carbocycles. The molecule has 1 atom stereocenters. The van der Waals surface area contributed by atoms with Gasteiger partial charge in [-0.1, -0.05) is 61.2 Å². The summed E-state index contributed by atoms with van der Waals surface area (Å²) in [5.41, 5.74) is 4.35. The van der Waals surface area contributed by atoms with Gasteiger partial charge in [-0.05, 0) is 28.7 Å². The number of alkyl carbamates (subject to hydrolysis) is 1. The zero-order valence-electron chi connectivity index (χ0n) is 17.8. The summed E-state index contributed by atoms with van der Waals surface area (Å²) in [5, 5.41) is 12.0. The number of nitrogens with zero attached hydrogens (tertiary/aromatic N) is 1. The Morgan fingerprint density at radius 3 is 2.25 bits per heavy atom. The summed E-state index contributed by atoms with van der Waals surface area (Å²) in [6.45, 7) is 3.60. The standard InChI is InChI=1S/C24H26N2O6/c1-3-14-31-23(29)25-13-12-21(22(27)28)26(2)24(30)32-15-20-18-10-6-4-8-16(18)17-9-5-7-11-19(17)20/h3-11,20-21H,1,12-15H2,2H3,(H,25,29)(H,27,28). The van der Waals surface area contributed by atoms with Crippen LogP contribution >= 0.6 is 0 Å². The number of carboxylic acid groups (broad SMARTS) is 1. The van der Waals surface area contributed by atoms with E-state index in [9.17, 15) is 19.5 Å². The number of carbonyl (C=O) groups is 3. The van der Waals surface area contributed by atoms with Gasteiger partial charge in [0.2, 0.25) is 0 Å². The van der Waals surface area contributed by atoms with Gasteiger partial charge in [-0.3, -0.25) is 4.90 Å². The van der Waals surface area contributed by atoms with Crippen molar-refractivity contribution in [2.24, 2.45) is 0 Å². The van der Waals surface area contributed by atoms with Crippen molar-refractivity contribution in [3.63, 3.8) is 0 Å². The van der Waals surface area contributed by atoms with Crippen LogP contribution in [-0.2, 0) is 14.3 Å². The van der Waals surface area contributed by atoms with Gasteiger partial charge in [0.1, 0.15) is 19.3 Å². The van der Waals surface area contributed by atoms with Crippen molar-refractivity contribution >= 4 is 18.2 Å². The number of aliphatic carboxylic acids is 1. The molecule has 32 heavy (non-hydrogen) atoms. The van der Waals surface area contributed by atoms with Crippen molar-refractivity contribution < 1.29 is 29.0 Å². The van der Waals surface area contributed by atoms with Gasteiger partial charge in [0.05, 0.1) is 0 Å². The molecule has 1 aliphatic rings. The number of rotatable bonds is 9. The molecular formula is C24H26N2O6. The first-order chi connectivity index (χ1) is 15.4. The minimum absolute atomic E-state index is 0.000776. The summed E-state index contributed by atoms with van der Waals surface area (Å²) in [4.78, 5) is 36.8. The fourth-order valence-corrected chi connectivity index (χ4v) is 3.80. The molecule has 1 aliphatic carbocycles. The third-order valence-electron chi connectivity index (χ3n) is 5.40. The first-order valence-electron chi connectivity index (χ1n) is 10.3. The normalized spacial score (nSPS) is 12.8. The van der Waals surface area contributed by atoms with Crippen LogP contribution in [0.15, 0.2) is 61.2 Å². The second-order valence-electron chi connectivity index (χ2n) is 7.37. The third kappa shape index (κ3) is 5.08. The van der Waals surface area contributed by atoms with E-state index in [2.05, 4.69) is 11.9 Å². The highest BCUT2D eigenvalue weighted by atomic mass is 16.6. The topological polar surface area (TPSA) is 105 Å². The van der Waals surface area contributed by atoms with Crippen molar-refractivity contribution in [2.45, 2.75) is 18.4 Å². The lowest BCUT2D eigenvalue weighted by Crippen LogP contribution is -2.45. The van der Waals surface area contributed by atoms with Crippen molar-refractivity contribution in [2.75, 3.05) is 26.8 Å². The number of carboxylic acids is 1. The molecule has 0 fully saturated rings. The second kappa shape index (κ2) is 10.5. The average Bonchev–Trinajstić information content (AvgIpc) is 3.12. The van der Waals surface area contributed by atoms with Gasteiger partial charge >= 0.3 is 18.2 Å². The summed E-state index contributed by atoms with van der Waals surface area (Å²) in [6.07, 6.45) is -0.00428. The summed E-state index contributed by atoms with van der Waals surface area (Å²) in [7, 11) is 1.37. The Hall–Kier alpha value is -3.81. The van der Waals surface area contributed by atoms with Crippen LogP contribution in [-0.4, -0.2) is 61.0 Å². The van der Waals surface area contributed by atoms with Crippen LogP contribution in [0.1, 0.15) is 23.5 Å². The van der Waals surface area contributed by atoms with Crippen LogP contribution in [0.4, 0.5) is 9.59 Å². The summed E-state index contributed by atoms with van der Waals surface area (Å²) in [6, 6.07) is 14.8. The lowest BCUT2D eigenvalue weighted by molar-refractivity contribution is -0.142. The zero-order chi connectivity index (χ0) is 23.1. The number of hydrogen-bond acceptors (Lipinski definition) is 5. The molecule has 2 aromatic carbocycles. The van der Waals surface area contributed by atoms with E-state index in [-0.39, 0.29) is 32.1 Å². The summed E-state index contributed by atoms with van der Waals surface area (Å²) < 4.78 is 10.3. The number of carbonyl (C=O) groups excluding carboxylic acids is 2. The van der Waals surface area contributed by atoms with E-state index < -0.39 is 24.2 Å². The van der Waals surface area contributed by atoms with E-state index in [0.717, 1.165) is 27.2 Å². The quantitative estimate of drug-likeness (QED) is 0.580. The molecule has 2 N–H and O–H groups in total. The Morgan fingerprint density at radius 1 is 1.09 bits per heavy atom. The molecule has 1 unspecified atom stereocenters. The van der Waals surface area contributed by atoms with E-state index >= 15 is 0 Å². The first kappa shape index (κ1) is 22.9. The SMILES string of the molecule is C=CCOC(=O)NCCC(C(=O)O)N(C)C(=O)OCC1c2ccccc2-c2ccccc21. The molecule has 168 valence electrons. The summed E-state index contributed by atoms with van der Waals surface area (Å²) in [5.74, 6) is -1.31. The lowest BCUT2D eigenvalue weighted by Gasteiger charge is -2.25. The molecule has 8 heteroatoms. The van der Waals surface area contributed by atoms with Crippen LogP contribution in [0.5, 0.6) is 0 Å². The van der Waals surface area contributed by atoms with Crippen molar-refractivity contribution in [3.05, 3.63) is 72.3 Å². The maximum atomic E-state index is 12.6. The van der Waals surface area contributed by atoms with E-state index in [1.165, 1.54) is 13.1 Å². The zero-order valence-corrected chi connectivity index (χ0v) is 17.8. The number of nitrogens with one attached hydrogen (secondary N) is 1. The molecular weight excluding hydrogens is 412 g/mol. The maximum absolute atomic E-state index is 12.6. The predicted octanol–water partition coefficient (Wildman–Crippen LogP) is 3.62. The number of benzene rings is 2. The van der Waals surface area contributed by atoms with Gasteiger partial charge in [0, 0.05) is 19.5 Å². The van der Waals surface area contributed by atoms with E-state index in [1.54, 1.807) is 0 Å². The minimum atomic E-state index is -1.19. The minimum Gasteiger partial charge on any atom is -0.480 e. The van der Waals surface area contributed by atoms with Gasteiger partial charge in [0.25, 0.3) is 0 Å². The van der Waals surface area contributed by atoms with Crippen LogP contribution in [0.3, 0.4) is 0 Å². The lowest BCUT2D eigenvalue weighted by atomic mass is 9.98. The first-order valence-corrected chi connectivity index (χ1v) is 10.3. The maximum Gasteiger partial charge on any atom is 0.410 e. The number of fused-ring (bicyclic) bond motifs is 3. The predicted molar refractivity (Wildman–Crippen MR) is 118 cm³/mol. The molecule has 0 aromatic heterocycles. The van der Waals surface area contributed by atoms with Crippen LogP contribution in [0.25, 0.3) is 11.1 Å². The molecule has 3 rings (SSSR count). The van der Waals surface area contributed by atoms with Crippen molar-refractivity contribution in [1.82, 2.24) is 10.2 Å². The summed E-state index contributed by atoms with van der Waals surface area (Å²) >= 11 is 0. The highest BCUT2D eigenvalue weighted by Crippen LogP contribution is 2.44. The molecule has 0 saturated heterocycles. The molecule has 8 nitrogen and oxygen atoms in total. The molecule has 0 spiro atoms. The van der Waals surface area contributed by atoms with Crippen LogP contribution in [0, 0.1) is 0 Å². The highest BCUT2D eigenvalue weighted by Gasteiger charge is 2.31. The molecule has 0 bridgehead atoms. The molecule has 2 aromatic rings. The fraction of sp³-hybridized carbons (Fsp3) is 0.292. The smallest absolute Gasteiger partial charge is 0.410 e. The van der Waals surface area contributed by atoms with E-state index in [4.69, 9.17) is 9.47 Å². The molecule has 2 amide bonds. The Balaban J connectivity index is 1.60. The van der Waals surface area contributed by atoms with Crippen molar-refractivity contribution in [1.29, 1.82) is 0 Å². The molecule has 0 heterocycles. The number of likely N-dealkylation sites (N-methyl/N-ethyl adjacent to an activating group) is 1. The van der Waals surface area contributed by atoms with Crippen LogP contribution in [0.2, 0.25) is 0 Å². The highest BCUT2D eigenvalue weighted by molar-refractivity contribution is 5.81. The van der Waals surface area contributed by atoms with Gasteiger partial charge in [-0.15, -0.1) is 0 Å². The average molecular weight is 438 g/mol.